The number of hydrogen-bond donors (Lipinski definition) is 1. The molecular weight excluding hydrogens is 202 g/mol. The van der Waals surface area contributed by atoms with Gasteiger partial charge in [0.1, 0.15) is 9.86 Å². The number of nitrogens with one attached hydrogen (secondary N) is 1. The molecule has 13 heavy (non-hydrogen) atoms. The van der Waals surface area contributed by atoms with E-state index in [1.165, 1.54) is 5.56 Å². The number of benzene rings is 1. The molecule has 0 amide bonds. The lowest BCUT2D eigenvalue weighted by Gasteiger charge is -2.14. The molecule has 1 aliphatic rings. The lowest BCUT2D eigenvalue weighted by atomic mass is 10.0. The van der Waals surface area contributed by atoms with E-state index in [-0.39, 0.29) is 0 Å². The van der Waals surface area contributed by atoms with Crippen LogP contribution in [0.1, 0.15) is 18.1 Å². The van der Waals surface area contributed by atoms with Crippen LogP contribution in [0, 0.1) is 6.92 Å². The van der Waals surface area contributed by atoms with Crippen molar-refractivity contribution in [3.63, 3.8) is 0 Å². The molecule has 0 saturated heterocycles. The van der Waals surface area contributed by atoms with E-state index in [0.717, 1.165) is 11.3 Å². The third-order valence-corrected chi connectivity index (χ3v) is 3.37. The lowest BCUT2D eigenvalue weighted by Crippen LogP contribution is -2.22. The first-order valence-electron chi connectivity index (χ1n) is 4.13. The minimum Gasteiger partial charge on any atom is -0.348 e. The van der Waals surface area contributed by atoms with Crippen molar-refractivity contribution >= 4 is 34.5 Å². The van der Waals surface area contributed by atoms with Crippen molar-refractivity contribution < 1.29 is 0 Å². The first-order chi connectivity index (χ1) is 6.01. The molecule has 1 unspecified atom stereocenters. The van der Waals surface area contributed by atoms with E-state index in [2.05, 4.69) is 18.3 Å². The van der Waals surface area contributed by atoms with Crippen molar-refractivity contribution in [3.05, 3.63) is 29.3 Å². The van der Waals surface area contributed by atoms with Crippen molar-refractivity contribution in [2.24, 2.45) is 0 Å². The second-order valence-corrected chi connectivity index (χ2v) is 4.67. The SMILES string of the molecule is Cc1ccc2c(c1)C(C)(Cl)C(=S)N2. The van der Waals surface area contributed by atoms with E-state index in [1.54, 1.807) is 0 Å². The van der Waals surface area contributed by atoms with Gasteiger partial charge in [0.05, 0.1) is 0 Å². The van der Waals surface area contributed by atoms with Crippen molar-refractivity contribution in [3.8, 4) is 0 Å². The zero-order valence-electron chi connectivity index (χ0n) is 7.52. The van der Waals surface area contributed by atoms with Gasteiger partial charge < -0.3 is 5.32 Å². The fraction of sp³-hybridized carbons (Fsp3) is 0.300. The van der Waals surface area contributed by atoms with Crippen LogP contribution >= 0.6 is 23.8 Å². The van der Waals surface area contributed by atoms with E-state index in [1.807, 2.05) is 19.1 Å². The van der Waals surface area contributed by atoms with Gasteiger partial charge in [-0.15, -0.1) is 11.6 Å². The Bertz CT molecular complexity index is 385. The van der Waals surface area contributed by atoms with Crippen LogP contribution in [0.2, 0.25) is 0 Å². The predicted molar refractivity (Wildman–Crippen MR) is 60.6 cm³/mol. The van der Waals surface area contributed by atoms with Gasteiger partial charge in [-0.25, -0.2) is 0 Å². The summed E-state index contributed by atoms with van der Waals surface area (Å²) < 4.78 is 0. The van der Waals surface area contributed by atoms with Crippen LogP contribution < -0.4 is 5.32 Å². The van der Waals surface area contributed by atoms with Crippen molar-refractivity contribution in [1.29, 1.82) is 0 Å². The second-order valence-electron chi connectivity index (χ2n) is 3.51. The topological polar surface area (TPSA) is 12.0 Å². The van der Waals surface area contributed by atoms with E-state index in [0.29, 0.717) is 4.99 Å². The number of fused-ring (bicyclic) bond motifs is 1. The number of rotatable bonds is 0. The van der Waals surface area contributed by atoms with Gasteiger partial charge in [-0.1, -0.05) is 29.9 Å². The molecule has 1 aromatic rings. The van der Waals surface area contributed by atoms with E-state index >= 15 is 0 Å². The molecule has 0 aliphatic carbocycles. The van der Waals surface area contributed by atoms with Crippen LogP contribution in [0.15, 0.2) is 18.2 Å². The monoisotopic (exact) mass is 211 g/mol. The Kier molecular flexibility index (Phi) is 1.86. The minimum absolute atomic E-state index is 0.531. The molecule has 1 heterocycles. The van der Waals surface area contributed by atoms with Gasteiger partial charge in [0.15, 0.2) is 0 Å². The van der Waals surface area contributed by atoms with Crippen molar-refractivity contribution in [2.75, 3.05) is 5.32 Å². The molecule has 0 saturated carbocycles. The number of aryl methyl sites for hydroxylation is 1. The summed E-state index contributed by atoms with van der Waals surface area (Å²) in [4.78, 5) is 0.159. The number of anilines is 1. The van der Waals surface area contributed by atoms with Crippen LogP contribution in [0.25, 0.3) is 0 Å². The number of hydrogen-bond acceptors (Lipinski definition) is 1. The van der Waals surface area contributed by atoms with Gasteiger partial charge in [-0.05, 0) is 19.9 Å². The second kappa shape index (κ2) is 2.69. The quantitative estimate of drug-likeness (QED) is 0.523. The number of thiocarbonyl (C=S) groups is 1. The summed E-state index contributed by atoms with van der Waals surface area (Å²) >= 11 is 11.5. The summed E-state index contributed by atoms with van der Waals surface area (Å²) in [6.45, 7) is 3.98. The fourth-order valence-electron chi connectivity index (χ4n) is 1.52. The normalized spacial score (nSPS) is 25.6. The molecule has 3 heteroatoms. The molecule has 1 nitrogen and oxygen atoms in total. The molecule has 1 atom stereocenters. The lowest BCUT2D eigenvalue weighted by molar-refractivity contribution is 0.958. The van der Waals surface area contributed by atoms with Gasteiger partial charge in [0.2, 0.25) is 0 Å². The van der Waals surface area contributed by atoms with Gasteiger partial charge in [0, 0.05) is 11.3 Å². The summed E-state index contributed by atoms with van der Waals surface area (Å²) in [6, 6.07) is 6.14. The fourth-order valence-corrected chi connectivity index (χ4v) is 1.94. The van der Waals surface area contributed by atoms with Crippen LogP contribution in [0.4, 0.5) is 5.69 Å². The predicted octanol–water partition coefficient (Wildman–Crippen LogP) is 3.20. The summed E-state index contributed by atoms with van der Waals surface area (Å²) in [5, 5.41) is 3.11. The Morgan fingerprint density at radius 1 is 1.46 bits per heavy atom. The van der Waals surface area contributed by atoms with Crippen LogP contribution in [0.3, 0.4) is 0 Å². The van der Waals surface area contributed by atoms with E-state index in [4.69, 9.17) is 23.8 Å². The highest BCUT2D eigenvalue weighted by Gasteiger charge is 2.37. The Balaban J connectivity index is 2.64. The molecule has 68 valence electrons. The molecule has 0 radical (unpaired) electrons. The van der Waals surface area contributed by atoms with Gasteiger partial charge >= 0.3 is 0 Å². The molecule has 1 aliphatic heterocycles. The van der Waals surface area contributed by atoms with Crippen molar-refractivity contribution in [2.45, 2.75) is 18.7 Å². The molecule has 0 spiro atoms. The summed E-state index contributed by atoms with van der Waals surface area (Å²) in [6.07, 6.45) is 0. The zero-order chi connectivity index (χ0) is 9.64. The zero-order valence-corrected chi connectivity index (χ0v) is 9.09. The summed E-state index contributed by atoms with van der Waals surface area (Å²) in [5.41, 5.74) is 3.32. The van der Waals surface area contributed by atoms with E-state index < -0.39 is 4.87 Å². The highest BCUT2D eigenvalue weighted by molar-refractivity contribution is 7.81. The van der Waals surface area contributed by atoms with Gasteiger partial charge in [-0.2, -0.15) is 0 Å². The minimum atomic E-state index is -0.531. The summed E-state index contributed by atoms with van der Waals surface area (Å²) in [5.74, 6) is 0. The average Bonchev–Trinajstić information content (AvgIpc) is 2.27. The first-order valence-corrected chi connectivity index (χ1v) is 4.92. The van der Waals surface area contributed by atoms with Gasteiger partial charge in [0.25, 0.3) is 0 Å². The van der Waals surface area contributed by atoms with Crippen LogP contribution in [-0.2, 0) is 4.87 Å². The summed E-state index contributed by atoms with van der Waals surface area (Å²) in [7, 11) is 0. The highest BCUT2D eigenvalue weighted by Crippen LogP contribution is 2.41. The third-order valence-electron chi connectivity index (χ3n) is 2.36. The Labute approximate surface area is 88.1 Å². The largest absolute Gasteiger partial charge is 0.348 e. The average molecular weight is 212 g/mol. The van der Waals surface area contributed by atoms with Crippen LogP contribution in [-0.4, -0.2) is 4.99 Å². The highest BCUT2D eigenvalue weighted by atomic mass is 35.5. The maximum absolute atomic E-state index is 6.32. The Hall–Kier alpha value is -0.600. The maximum atomic E-state index is 6.32. The smallest absolute Gasteiger partial charge is 0.119 e. The number of halogens is 1. The molecule has 2 rings (SSSR count). The Morgan fingerprint density at radius 3 is 2.85 bits per heavy atom. The molecule has 0 aromatic heterocycles. The molecular formula is C10H10ClNS. The molecule has 0 bridgehead atoms. The van der Waals surface area contributed by atoms with Gasteiger partial charge in [-0.3, -0.25) is 0 Å². The Morgan fingerprint density at radius 2 is 2.15 bits per heavy atom. The number of alkyl halides is 1. The molecule has 1 N–H and O–H groups in total. The maximum Gasteiger partial charge on any atom is 0.119 e. The molecule has 0 fully saturated rings. The molecule has 1 aromatic carbocycles. The first kappa shape index (κ1) is 8.97. The van der Waals surface area contributed by atoms with E-state index in [9.17, 15) is 0 Å². The standard InChI is InChI=1S/C10H10ClNS/c1-6-3-4-8-7(5-6)10(2,11)9(13)12-8/h3-5H,1-2H3,(H,12,13). The van der Waals surface area contributed by atoms with Crippen LogP contribution in [0.5, 0.6) is 0 Å². The third kappa shape index (κ3) is 1.25. The van der Waals surface area contributed by atoms with Crippen molar-refractivity contribution in [1.82, 2.24) is 0 Å².